The van der Waals surface area contributed by atoms with Crippen molar-refractivity contribution in [3.05, 3.63) is 52.5 Å². The molecule has 0 spiro atoms. The minimum atomic E-state index is -0.291. The molecule has 0 heterocycles. The van der Waals surface area contributed by atoms with Gasteiger partial charge in [-0.15, -0.1) is 0 Å². The van der Waals surface area contributed by atoms with Crippen LogP contribution in [-0.2, 0) is 0 Å². The van der Waals surface area contributed by atoms with Crippen LogP contribution in [0.3, 0.4) is 0 Å². The number of urea groups is 1. The summed E-state index contributed by atoms with van der Waals surface area (Å²) in [6.07, 6.45) is 0. The number of benzene rings is 2. The van der Waals surface area contributed by atoms with Gasteiger partial charge in [0.1, 0.15) is 0 Å². The molecule has 0 fully saturated rings. The first kappa shape index (κ1) is 13.4. The van der Waals surface area contributed by atoms with Gasteiger partial charge < -0.3 is 16.4 Å². The lowest BCUT2D eigenvalue weighted by atomic mass is 10.2. The van der Waals surface area contributed by atoms with Gasteiger partial charge in [0.15, 0.2) is 0 Å². The number of hydrogen-bond acceptors (Lipinski definition) is 2. The van der Waals surface area contributed by atoms with Crippen molar-refractivity contribution in [3.8, 4) is 0 Å². The van der Waals surface area contributed by atoms with Gasteiger partial charge in [0, 0.05) is 21.5 Å². The molecule has 0 radical (unpaired) electrons. The fourth-order valence-electron chi connectivity index (χ4n) is 1.54. The average Bonchev–Trinajstić information content (AvgIpc) is 2.37. The molecule has 0 aliphatic heterocycles. The number of rotatable bonds is 2. The second-order valence-electron chi connectivity index (χ2n) is 4.18. The third kappa shape index (κ3) is 3.72. The zero-order valence-electron chi connectivity index (χ0n) is 10.4. The minimum absolute atomic E-state index is 0.291. The summed E-state index contributed by atoms with van der Waals surface area (Å²) in [5.74, 6) is 0. The lowest BCUT2D eigenvalue weighted by molar-refractivity contribution is 0.262. The van der Waals surface area contributed by atoms with E-state index < -0.39 is 0 Å². The second kappa shape index (κ2) is 5.75. The van der Waals surface area contributed by atoms with E-state index in [0.717, 1.165) is 15.7 Å². The highest BCUT2D eigenvalue weighted by atomic mass is 79.9. The first-order valence-electron chi connectivity index (χ1n) is 5.74. The molecule has 4 nitrogen and oxygen atoms in total. The van der Waals surface area contributed by atoms with E-state index in [2.05, 4.69) is 26.6 Å². The molecule has 0 aliphatic carbocycles. The Morgan fingerprint density at radius 2 is 1.63 bits per heavy atom. The normalized spacial score (nSPS) is 10.0. The number of hydrogen-bond donors (Lipinski definition) is 3. The van der Waals surface area contributed by atoms with Crippen LogP contribution in [0.1, 0.15) is 5.56 Å². The van der Waals surface area contributed by atoms with Gasteiger partial charge in [-0.05, 0) is 53.2 Å². The lowest BCUT2D eigenvalue weighted by Gasteiger charge is -2.09. The molecule has 98 valence electrons. The molecule has 0 aliphatic rings. The Bertz CT molecular complexity index is 596. The number of halogens is 1. The van der Waals surface area contributed by atoms with Gasteiger partial charge >= 0.3 is 6.03 Å². The molecule has 0 unspecified atom stereocenters. The predicted octanol–water partition coefficient (Wildman–Crippen LogP) is 3.98. The van der Waals surface area contributed by atoms with Gasteiger partial charge in [-0.3, -0.25) is 0 Å². The van der Waals surface area contributed by atoms with E-state index in [1.165, 1.54) is 0 Å². The Hall–Kier alpha value is -2.01. The molecule has 2 rings (SSSR count). The van der Waals surface area contributed by atoms with E-state index in [9.17, 15) is 4.79 Å². The molecule has 2 amide bonds. The first-order chi connectivity index (χ1) is 9.04. The fraction of sp³-hybridized carbons (Fsp3) is 0.0714. The number of nitrogens with one attached hydrogen (secondary N) is 2. The Morgan fingerprint density at radius 3 is 2.26 bits per heavy atom. The maximum absolute atomic E-state index is 11.8. The summed E-state index contributed by atoms with van der Waals surface area (Å²) >= 11 is 3.31. The molecule has 0 bridgehead atoms. The van der Waals surface area contributed by atoms with E-state index in [-0.39, 0.29) is 6.03 Å². The molecule has 0 saturated heterocycles. The van der Waals surface area contributed by atoms with Crippen LogP contribution in [0.5, 0.6) is 0 Å². The smallest absolute Gasteiger partial charge is 0.323 e. The summed E-state index contributed by atoms with van der Waals surface area (Å²) in [4.78, 5) is 11.8. The van der Waals surface area contributed by atoms with Gasteiger partial charge in [-0.2, -0.15) is 0 Å². The summed E-state index contributed by atoms with van der Waals surface area (Å²) in [5, 5.41) is 5.49. The third-order valence-electron chi connectivity index (χ3n) is 2.57. The van der Waals surface area contributed by atoms with Crippen LogP contribution >= 0.6 is 15.9 Å². The van der Waals surface area contributed by atoms with Crippen LogP contribution in [0, 0.1) is 6.92 Å². The van der Waals surface area contributed by atoms with Gasteiger partial charge in [0.05, 0.1) is 0 Å². The van der Waals surface area contributed by atoms with Gasteiger partial charge in [-0.25, -0.2) is 4.79 Å². The molecule has 2 aromatic carbocycles. The number of nitrogen functional groups attached to an aromatic ring is 1. The van der Waals surface area contributed by atoms with E-state index >= 15 is 0 Å². The molecule has 5 heteroatoms. The number of amides is 2. The lowest BCUT2D eigenvalue weighted by Crippen LogP contribution is -2.19. The van der Waals surface area contributed by atoms with Crippen LogP contribution in [0.4, 0.5) is 21.9 Å². The van der Waals surface area contributed by atoms with Crippen LogP contribution in [0.2, 0.25) is 0 Å². The topological polar surface area (TPSA) is 67.2 Å². The summed E-state index contributed by atoms with van der Waals surface area (Å²) < 4.78 is 0.751. The third-order valence-corrected chi connectivity index (χ3v) is 3.25. The largest absolute Gasteiger partial charge is 0.398 e. The maximum Gasteiger partial charge on any atom is 0.323 e. The Morgan fingerprint density at radius 1 is 1.05 bits per heavy atom. The van der Waals surface area contributed by atoms with E-state index in [1.807, 2.05) is 31.2 Å². The SMILES string of the molecule is Cc1ccc(NC(=O)Nc2ccc(N)c(Br)c2)cc1. The Balaban J connectivity index is 2.01. The number of carbonyl (C=O) groups excluding carboxylic acids is 1. The quantitative estimate of drug-likeness (QED) is 0.733. The Labute approximate surface area is 120 Å². The monoisotopic (exact) mass is 319 g/mol. The summed E-state index contributed by atoms with van der Waals surface area (Å²) in [7, 11) is 0. The van der Waals surface area contributed by atoms with Crippen molar-refractivity contribution in [1.29, 1.82) is 0 Å². The zero-order chi connectivity index (χ0) is 13.8. The van der Waals surface area contributed by atoms with Crippen molar-refractivity contribution >= 4 is 39.0 Å². The molecule has 4 N–H and O–H groups in total. The molecule has 0 atom stereocenters. The predicted molar refractivity (Wildman–Crippen MR) is 82.4 cm³/mol. The van der Waals surface area contributed by atoms with Crippen molar-refractivity contribution in [2.24, 2.45) is 0 Å². The fourth-order valence-corrected chi connectivity index (χ4v) is 1.91. The summed E-state index contributed by atoms with van der Waals surface area (Å²) in [6, 6.07) is 12.5. The van der Waals surface area contributed by atoms with Crippen LogP contribution in [0.25, 0.3) is 0 Å². The summed E-state index contributed by atoms with van der Waals surface area (Å²) in [5.41, 5.74) is 8.88. The average molecular weight is 320 g/mol. The highest BCUT2D eigenvalue weighted by Crippen LogP contribution is 2.23. The molecule has 0 saturated carbocycles. The number of nitrogens with two attached hydrogens (primary N) is 1. The van der Waals surface area contributed by atoms with E-state index in [0.29, 0.717) is 11.4 Å². The minimum Gasteiger partial charge on any atom is -0.398 e. The maximum atomic E-state index is 11.8. The van der Waals surface area contributed by atoms with Gasteiger partial charge in [-0.1, -0.05) is 17.7 Å². The molecule has 0 aromatic heterocycles. The van der Waals surface area contributed by atoms with Crippen molar-refractivity contribution in [2.45, 2.75) is 6.92 Å². The van der Waals surface area contributed by atoms with Crippen LogP contribution < -0.4 is 16.4 Å². The summed E-state index contributed by atoms with van der Waals surface area (Å²) in [6.45, 7) is 2.00. The van der Waals surface area contributed by atoms with Crippen molar-refractivity contribution in [3.63, 3.8) is 0 Å². The molecular weight excluding hydrogens is 306 g/mol. The molecular formula is C14H14BrN3O. The highest BCUT2D eigenvalue weighted by Gasteiger charge is 2.04. The van der Waals surface area contributed by atoms with E-state index in [1.54, 1.807) is 18.2 Å². The zero-order valence-corrected chi connectivity index (χ0v) is 12.0. The van der Waals surface area contributed by atoms with Gasteiger partial charge in [0.25, 0.3) is 0 Å². The van der Waals surface area contributed by atoms with Crippen LogP contribution in [-0.4, -0.2) is 6.03 Å². The molecule has 19 heavy (non-hydrogen) atoms. The number of carbonyl (C=O) groups is 1. The van der Waals surface area contributed by atoms with Crippen molar-refractivity contribution in [2.75, 3.05) is 16.4 Å². The van der Waals surface area contributed by atoms with Gasteiger partial charge in [0.2, 0.25) is 0 Å². The number of anilines is 3. The number of aryl methyl sites for hydroxylation is 1. The standard InChI is InChI=1S/C14H14BrN3O/c1-9-2-4-10(5-3-9)17-14(19)18-11-6-7-13(16)12(15)8-11/h2-8H,16H2,1H3,(H2,17,18,19). The first-order valence-corrected chi connectivity index (χ1v) is 6.53. The van der Waals surface area contributed by atoms with Crippen LogP contribution in [0.15, 0.2) is 46.9 Å². The van der Waals surface area contributed by atoms with Crippen molar-refractivity contribution in [1.82, 2.24) is 0 Å². The Kier molecular flexibility index (Phi) is 4.06. The highest BCUT2D eigenvalue weighted by molar-refractivity contribution is 9.10. The molecule has 2 aromatic rings. The van der Waals surface area contributed by atoms with Crippen molar-refractivity contribution < 1.29 is 4.79 Å². The second-order valence-corrected chi connectivity index (χ2v) is 5.04. The van der Waals surface area contributed by atoms with E-state index in [4.69, 9.17) is 5.73 Å².